The summed E-state index contributed by atoms with van der Waals surface area (Å²) in [5.41, 5.74) is -0.314. The van der Waals surface area contributed by atoms with Crippen molar-refractivity contribution in [2.45, 2.75) is 5.60 Å². The zero-order valence-electron chi connectivity index (χ0n) is 14.5. The number of furan rings is 2. The summed E-state index contributed by atoms with van der Waals surface area (Å²) in [5.74, 6) is 0.280. The number of carbonyl (C=O) groups is 1. The van der Waals surface area contributed by atoms with Gasteiger partial charge in [-0.2, -0.15) is 0 Å². The molecule has 7 heteroatoms. The van der Waals surface area contributed by atoms with E-state index in [2.05, 4.69) is 5.32 Å². The highest BCUT2D eigenvalue weighted by atomic mass is 32.1. The minimum atomic E-state index is -1.39. The van der Waals surface area contributed by atoms with E-state index in [-0.39, 0.29) is 12.3 Å². The molecule has 0 aliphatic heterocycles. The lowest BCUT2D eigenvalue weighted by Gasteiger charge is -2.26. The van der Waals surface area contributed by atoms with Gasteiger partial charge in [-0.25, -0.2) is 0 Å². The smallest absolute Gasteiger partial charge is 0.287 e. The Labute approximate surface area is 159 Å². The number of fused-ring (bicyclic) bond motifs is 1. The lowest BCUT2D eigenvalue weighted by molar-refractivity contribution is 0.0700. The number of rotatable bonds is 6. The third-order valence-electron chi connectivity index (χ3n) is 4.38. The molecule has 1 amide bonds. The van der Waals surface area contributed by atoms with Crippen molar-refractivity contribution in [1.29, 1.82) is 0 Å². The fourth-order valence-corrected chi connectivity index (χ4v) is 3.80. The molecule has 4 rings (SSSR count). The molecule has 1 unspecified atom stereocenters. The van der Waals surface area contributed by atoms with E-state index in [0.29, 0.717) is 21.8 Å². The molecule has 3 aromatic heterocycles. The van der Waals surface area contributed by atoms with Gasteiger partial charge in [0.05, 0.1) is 26.2 Å². The van der Waals surface area contributed by atoms with Crippen molar-refractivity contribution in [2.24, 2.45) is 0 Å². The molecule has 0 bridgehead atoms. The Morgan fingerprint density at radius 2 is 2.19 bits per heavy atom. The molecule has 0 radical (unpaired) electrons. The molecule has 3 heterocycles. The Kier molecular flexibility index (Phi) is 4.47. The molecule has 27 heavy (non-hydrogen) atoms. The van der Waals surface area contributed by atoms with Crippen LogP contribution in [0.5, 0.6) is 5.75 Å². The molecule has 0 saturated carbocycles. The molecule has 0 aliphatic carbocycles. The van der Waals surface area contributed by atoms with Crippen molar-refractivity contribution in [1.82, 2.24) is 5.32 Å². The van der Waals surface area contributed by atoms with Crippen molar-refractivity contribution in [2.75, 3.05) is 13.7 Å². The SMILES string of the molecule is COc1cccc2cc(C(=O)NCC(O)(c3ccoc3)c3cccs3)oc12. The van der Waals surface area contributed by atoms with E-state index in [1.807, 2.05) is 29.6 Å². The normalized spacial score (nSPS) is 13.4. The highest BCUT2D eigenvalue weighted by Gasteiger charge is 2.34. The second kappa shape index (κ2) is 6.94. The van der Waals surface area contributed by atoms with Gasteiger partial charge in [0.2, 0.25) is 0 Å². The zero-order valence-corrected chi connectivity index (χ0v) is 15.3. The number of aliphatic hydroxyl groups is 1. The number of methoxy groups -OCH3 is 1. The average molecular weight is 383 g/mol. The fourth-order valence-electron chi connectivity index (χ4n) is 2.95. The standard InChI is InChI=1S/C20H17NO5S/c1-24-15-5-2-4-13-10-16(26-18(13)15)19(22)21-12-20(23,14-7-8-25-11-14)17-6-3-9-27-17/h2-11,23H,12H2,1H3,(H,21,22). The van der Waals surface area contributed by atoms with Crippen LogP contribution in [0.4, 0.5) is 0 Å². The number of nitrogens with one attached hydrogen (secondary N) is 1. The van der Waals surface area contributed by atoms with Crippen molar-refractivity contribution >= 4 is 28.2 Å². The number of ether oxygens (including phenoxy) is 1. The highest BCUT2D eigenvalue weighted by Crippen LogP contribution is 2.33. The van der Waals surface area contributed by atoms with E-state index in [1.165, 1.54) is 23.9 Å². The number of amides is 1. The van der Waals surface area contributed by atoms with E-state index in [1.54, 1.807) is 25.3 Å². The first-order valence-corrected chi connectivity index (χ1v) is 9.13. The summed E-state index contributed by atoms with van der Waals surface area (Å²) in [6, 6.07) is 12.4. The molecule has 138 valence electrons. The van der Waals surface area contributed by atoms with Gasteiger partial charge in [-0.15, -0.1) is 11.3 Å². The molecular weight excluding hydrogens is 366 g/mol. The van der Waals surface area contributed by atoms with Crippen LogP contribution >= 0.6 is 11.3 Å². The van der Waals surface area contributed by atoms with Crippen molar-refractivity contribution < 1.29 is 23.5 Å². The molecule has 1 atom stereocenters. The van der Waals surface area contributed by atoms with Gasteiger partial charge >= 0.3 is 0 Å². The first-order chi connectivity index (χ1) is 13.1. The molecule has 0 aliphatic rings. The number of benzene rings is 1. The minimum absolute atomic E-state index is 0.0277. The van der Waals surface area contributed by atoms with E-state index in [0.717, 1.165) is 5.39 Å². The summed E-state index contributed by atoms with van der Waals surface area (Å²) in [4.78, 5) is 13.3. The molecule has 6 nitrogen and oxygen atoms in total. The molecule has 0 fully saturated rings. The van der Waals surface area contributed by atoms with Crippen LogP contribution in [0, 0.1) is 0 Å². The Balaban J connectivity index is 1.59. The van der Waals surface area contributed by atoms with Crippen molar-refractivity contribution in [3.05, 3.63) is 76.6 Å². The maximum Gasteiger partial charge on any atom is 0.287 e. The zero-order chi connectivity index (χ0) is 18.9. The van der Waals surface area contributed by atoms with E-state index in [4.69, 9.17) is 13.6 Å². The van der Waals surface area contributed by atoms with Gasteiger partial charge in [-0.05, 0) is 29.6 Å². The Hall–Kier alpha value is -3.03. The van der Waals surface area contributed by atoms with Crippen LogP contribution in [0.2, 0.25) is 0 Å². The third-order valence-corrected chi connectivity index (χ3v) is 5.40. The van der Waals surface area contributed by atoms with Crippen molar-refractivity contribution in [3.63, 3.8) is 0 Å². The minimum Gasteiger partial charge on any atom is -0.493 e. The second-order valence-corrected chi connectivity index (χ2v) is 6.97. The monoisotopic (exact) mass is 383 g/mol. The molecule has 2 N–H and O–H groups in total. The first kappa shape index (κ1) is 17.4. The maximum absolute atomic E-state index is 12.6. The number of hydrogen-bond acceptors (Lipinski definition) is 6. The number of thiophene rings is 1. The third kappa shape index (κ3) is 3.11. The van der Waals surface area contributed by atoms with Gasteiger partial charge in [0.15, 0.2) is 17.1 Å². The maximum atomic E-state index is 12.6. The lowest BCUT2D eigenvalue weighted by Crippen LogP contribution is -2.40. The summed E-state index contributed by atoms with van der Waals surface area (Å²) < 4.78 is 16.0. The Morgan fingerprint density at radius 3 is 2.89 bits per heavy atom. The Bertz CT molecular complexity index is 1020. The predicted octanol–water partition coefficient (Wildman–Crippen LogP) is 3.76. The van der Waals surface area contributed by atoms with Gasteiger partial charge in [0, 0.05) is 15.8 Å². The van der Waals surface area contributed by atoms with Gasteiger partial charge in [-0.3, -0.25) is 4.79 Å². The number of carbonyl (C=O) groups excluding carboxylic acids is 1. The summed E-state index contributed by atoms with van der Waals surface area (Å²) >= 11 is 1.40. The molecule has 4 aromatic rings. The Morgan fingerprint density at radius 1 is 1.30 bits per heavy atom. The number of hydrogen-bond donors (Lipinski definition) is 2. The summed E-state index contributed by atoms with van der Waals surface area (Å²) in [5, 5.41) is 16.6. The van der Waals surface area contributed by atoms with Gasteiger partial charge in [0.1, 0.15) is 5.60 Å². The first-order valence-electron chi connectivity index (χ1n) is 8.25. The molecule has 0 spiro atoms. The topological polar surface area (TPSA) is 84.8 Å². The quantitative estimate of drug-likeness (QED) is 0.530. The van der Waals surface area contributed by atoms with Crippen LogP contribution in [0.3, 0.4) is 0 Å². The lowest BCUT2D eigenvalue weighted by atomic mass is 9.94. The second-order valence-electron chi connectivity index (χ2n) is 6.02. The van der Waals surface area contributed by atoms with Gasteiger partial charge in [-0.1, -0.05) is 18.2 Å². The summed E-state index contributed by atoms with van der Waals surface area (Å²) in [6.45, 7) is -0.0277. The average Bonchev–Trinajstić information content (AvgIpc) is 3.45. The van der Waals surface area contributed by atoms with Crippen molar-refractivity contribution in [3.8, 4) is 5.75 Å². The highest BCUT2D eigenvalue weighted by molar-refractivity contribution is 7.10. The van der Waals surface area contributed by atoms with Crippen LogP contribution < -0.4 is 10.1 Å². The molecule has 0 saturated heterocycles. The van der Waals surface area contributed by atoms with Crippen LogP contribution in [0.25, 0.3) is 11.0 Å². The van der Waals surface area contributed by atoms with Gasteiger partial charge < -0.3 is 24.0 Å². The summed E-state index contributed by atoms with van der Waals surface area (Å²) in [6.07, 6.45) is 2.96. The van der Waals surface area contributed by atoms with Crippen LogP contribution in [-0.2, 0) is 5.60 Å². The number of para-hydroxylation sites is 1. The van der Waals surface area contributed by atoms with Crippen LogP contribution in [0.15, 0.2) is 69.2 Å². The van der Waals surface area contributed by atoms with E-state index >= 15 is 0 Å². The fraction of sp³-hybridized carbons (Fsp3) is 0.150. The van der Waals surface area contributed by atoms with Crippen LogP contribution in [-0.4, -0.2) is 24.7 Å². The summed E-state index contributed by atoms with van der Waals surface area (Å²) in [7, 11) is 1.54. The predicted molar refractivity (Wildman–Crippen MR) is 101 cm³/mol. The van der Waals surface area contributed by atoms with Crippen LogP contribution in [0.1, 0.15) is 21.0 Å². The molecular formula is C20H17NO5S. The van der Waals surface area contributed by atoms with E-state index < -0.39 is 11.5 Å². The largest absolute Gasteiger partial charge is 0.493 e. The van der Waals surface area contributed by atoms with E-state index in [9.17, 15) is 9.90 Å². The molecule has 1 aromatic carbocycles. The van der Waals surface area contributed by atoms with Gasteiger partial charge in [0.25, 0.3) is 5.91 Å².